The van der Waals surface area contributed by atoms with Crippen LogP contribution in [0.4, 0.5) is 11.4 Å². The number of carbonyl (C=O) groups excluding carboxylic acids is 1. The summed E-state index contributed by atoms with van der Waals surface area (Å²) in [5, 5.41) is 16.4. The molecule has 0 fully saturated rings. The first-order valence-corrected chi connectivity index (χ1v) is 8.17. The van der Waals surface area contributed by atoms with Gasteiger partial charge in [0.1, 0.15) is 11.4 Å². The zero-order chi connectivity index (χ0) is 17.5. The van der Waals surface area contributed by atoms with E-state index in [2.05, 4.69) is 10.3 Å². The number of nitrogens with one attached hydrogen (secondary N) is 1. The number of ether oxygens (including phenoxy) is 1. The molecule has 0 aliphatic heterocycles. The highest BCUT2D eigenvalue weighted by Gasteiger charge is 2.18. The van der Waals surface area contributed by atoms with Gasteiger partial charge in [0.15, 0.2) is 0 Å². The molecule has 0 atom stereocenters. The molecule has 0 spiro atoms. The molecule has 3 N–H and O–H groups in total. The number of hydrogen-bond donors (Lipinski definition) is 2. The molecule has 0 saturated carbocycles. The van der Waals surface area contributed by atoms with E-state index >= 15 is 0 Å². The van der Waals surface area contributed by atoms with E-state index in [-0.39, 0.29) is 23.7 Å². The van der Waals surface area contributed by atoms with Crippen molar-refractivity contribution in [1.29, 1.82) is 0 Å². The summed E-state index contributed by atoms with van der Waals surface area (Å²) in [4.78, 5) is 27.0. The van der Waals surface area contributed by atoms with Gasteiger partial charge >= 0.3 is 0 Å². The Balaban J connectivity index is 2.04. The molecule has 0 unspecified atom stereocenters. The number of anilines is 1. The van der Waals surface area contributed by atoms with Gasteiger partial charge in [-0.15, -0.1) is 11.3 Å². The Kier molecular flexibility index (Phi) is 6.21. The summed E-state index contributed by atoms with van der Waals surface area (Å²) in [6.45, 7) is 0.594. The molecule has 1 heterocycles. The van der Waals surface area contributed by atoms with Gasteiger partial charge in [-0.2, -0.15) is 0 Å². The number of nitro benzene ring substituents is 1. The summed E-state index contributed by atoms with van der Waals surface area (Å²) in [5.74, 6) is -0.0114. The number of methoxy groups -OCH3 is 1. The molecule has 24 heavy (non-hydrogen) atoms. The van der Waals surface area contributed by atoms with Crippen molar-refractivity contribution in [2.75, 3.05) is 19.0 Å². The van der Waals surface area contributed by atoms with Crippen molar-refractivity contribution in [3.8, 4) is 5.75 Å². The predicted octanol–water partition coefficient (Wildman–Crippen LogP) is 2.13. The molecule has 0 saturated heterocycles. The van der Waals surface area contributed by atoms with E-state index in [1.807, 2.05) is 5.38 Å². The van der Waals surface area contributed by atoms with Crippen molar-refractivity contribution in [2.45, 2.75) is 19.3 Å². The number of hydrogen-bond acceptors (Lipinski definition) is 7. The smallest absolute Gasteiger partial charge is 0.296 e. The first-order chi connectivity index (χ1) is 11.5. The lowest BCUT2D eigenvalue weighted by Gasteiger charge is -2.07. The average molecular weight is 350 g/mol. The van der Waals surface area contributed by atoms with E-state index in [0.717, 1.165) is 17.8 Å². The van der Waals surface area contributed by atoms with Crippen LogP contribution in [0.5, 0.6) is 5.75 Å². The number of benzene rings is 1. The molecule has 0 bridgehead atoms. The van der Waals surface area contributed by atoms with E-state index in [4.69, 9.17) is 10.5 Å². The number of nitrogens with two attached hydrogens (primary N) is 1. The topological polar surface area (TPSA) is 120 Å². The van der Waals surface area contributed by atoms with Crippen molar-refractivity contribution in [2.24, 2.45) is 5.73 Å². The number of amides is 1. The van der Waals surface area contributed by atoms with Gasteiger partial charge in [-0.3, -0.25) is 14.9 Å². The van der Waals surface area contributed by atoms with Crippen molar-refractivity contribution >= 4 is 28.6 Å². The van der Waals surface area contributed by atoms with Crippen LogP contribution in [0, 0.1) is 10.1 Å². The third kappa shape index (κ3) is 4.74. The van der Waals surface area contributed by atoms with E-state index in [0.29, 0.717) is 18.0 Å². The van der Waals surface area contributed by atoms with Crippen molar-refractivity contribution in [3.05, 3.63) is 44.4 Å². The Morgan fingerprint density at radius 3 is 2.96 bits per heavy atom. The number of rotatable bonds is 8. The number of aromatic nitrogens is 1. The van der Waals surface area contributed by atoms with Crippen LogP contribution in [0.1, 0.15) is 17.1 Å². The molecule has 8 nitrogen and oxygen atoms in total. The minimum absolute atomic E-state index is 0.0578. The fourth-order valence-electron chi connectivity index (χ4n) is 2.05. The Bertz CT molecular complexity index is 732. The number of nitro groups is 1. The van der Waals surface area contributed by atoms with Gasteiger partial charge in [0.25, 0.3) is 5.69 Å². The van der Waals surface area contributed by atoms with Gasteiger partial charge in [-0.1, -0.05) is 0 Å². The summed E-state index contributed by atoms with van der Waals surface area (Å²) in [5.41, 5.74) is 6.01. The molecule has 0 aliphatic rings. The average Bonchev–Trinajstić information content (AvgIpc) is 3.00. The molecular weight excluding hydrogens is 332 g/mol. The minimum Gasteiger partial charge on any atom is -0.496 e. The summed E-state index contributed by atoms with van der Waals surface area (Å²) in [6, 6.07) is 4.27. The first kappa shape index (κ1) is 17.8. The second-order valence-corrected chi connectivity index (χ2v) is 5.93. The summed E-state index contributed by atoms with van der Waals surface area (Å²) >= 11 is 1.48. The quantitative estimate of drug-likeness (QED) is 0.556. The van der Waals surface area contributed by atoms with Gasteiger partial charge < -0.3 is 15.8 Å². The second kappa shape index (κ2) is 8.37. The number of nitrogens with zero attached hydrogens (tertiary/aromatic N) is 2. The Labute approximate surface area is 142 Å². The monoisotopic (exact) mass is 350 g/mol. The fourth-order valence-corrected chi connectivity index (χ4v) is 2.89. The zero-order valence-corrected chi connectivity index (χ0v) is 14.0. The first-order valence-electron chi connectivity index (χ1n) is 7.29. The SMILES string of the molecule is COc1ccc(NC(=O)Cc2csc(CCCN)n2)c([N+](=O)[O-])c1. The maximum absolute atomic E-state index is 12.1. The van der Waals surface area contributed by atoms with Crippen LogP contribution >= 0.6 is 11.3 Å². The van der Waals surface area contributed by atoms with Crippen LogP contribution < -0.4 is 15.8 Å². The van der Waals surface area contributed by atoms with Crippen molar-refractivity contribution in [3.63, 3.8) is 0 Å². The van der Waals surface area contributed by atoms with Crippen molar-refractivity contribution in [1.82, 2.24) is 4.98 Å². The van der Waals surface area contributed by atoms with Gasteiger partial charge in [-0.25, -0.2) is 4.98 Å². The highest BCUT2D eigenvalue weighted by molar-refractivity contribution is 7.09. The number of aryl methyl sites for hydroxylation is 1. The molecule has 2 aromatic rings. The van der Waals surface area contributed by atoms with Crippen LogP contribution in [0.15, 0.2) is 23.6 Å². The third-order valence-electron chi connectivity index (χ3n) is 3.21. The summed E-state index contributed by atoms with van der Waals surface area (Å²) < 4.78 is 4.96. The maximum Gasteiger partial charge on any atom is 0.296 e. The van der Waals surface area contributed by atoms with E-state index < -0.39 is 4.92 Å². The molecule has 9 heteroatoms. The lowest BCUT2D eigenvalue weighted by Crippen LogP contribution is -2.15. The Hall–Kier alpha value is -2.52. The lowest BCUT2D eigenvalue weighted by atomic mass is 10.2. The third-order valence-corrected chi connectivity index (χ3v) is 4.17. The van der Waals surface area contributed by atoms with Gasteiger partial charge in [0.05, 0.1) is 35.2 Å². The largest absolute Gasteiger partial charge is 0.496 e. The molecule has 1 aromatic carbocycles. The van der Waals surface area contributed by atoms with Crippen molar-refractivity contribution < 1.29 is 14.5 Å². The molecule has 1 amide bonds. The Morgan fingerprint density at radius 2 is 2.29 bits per heavy atom. The van der Waals surface area contributed by atoms with Gasteiger partial charge in [0.2, 0.25) is 5.91 Å². The molecule has 0 radical (unpaired) electrons. The predicted molar refractivity (Wildman–Crippen MR) is 91.5 cm³/mol. The normalized spacial score (nSPS) is 10.4. The second-order valence-electron chi connectivity index (χ2n) is 4.99. The molecule has 2 rings (SSSR count). The fraction of sp³-hybridized carbons (Fsp3) is 0.333. The van der Waals surface area contributed by atoms with Crippen LogP contribution in [-0.2, 0) is 17.6 Å². The summed E-state index contributed by atoms with van der Waals surface area (Å²) in [7, 11) is 1.42. The highest BCUT2D eigenvalue weighted by atomic mass is 32.1. The maximum atomic E-state index is 12.1. The Morgan fingerprint density at radius 1 is 1.50 bits per heavy atom. The molecule has 128 valence electrons. The highest BCUT2D eigenvalue weighted by Crippen LogP contribution is 2.29. The zero-order valence-electron chi connectivity index (χ0n) is 13.2. The van der Waals surface area contributed by atoms with Crippen LogP contribution in [-0.4, -0.2) is 29.5 Å². The molecular formula is C15H18N4O4S. The minimum atomic E-state index is -0.564. The lowest BCUT2D eigenvalue weighted by molar-refractivity contribution is -0.384. The van der Waals surface area contributed by atoms with Crippen LogP contribution in [0.2, 0.25) is 0 Å². The number of carbonyl (C=O) groups is 1. The van der Waals surface area contributed by atoms with Gasteiger partial charge in [-0.05, 0) is 25.1 Å². The standard InChI is InChI=1S/C15H18N4O4S/c1-23-11-4-5-12(13(8-11)19(21)22)18-14(20)7-10-9-24-15(17-10)3-2-6-16/h4-5,8-9H,2-3,6-7,16H2,1H3,(H,18,20). The van der Waals surface area contributed by atoms with E-state index in [1.165, 1.54) is 30.6 Å². The van der Waals surface area contributed by atoms with Crippen LogP contribution in [0.3, 0.4) is 0 Å². The van der Waals surface area contributed by atoms with Crippen LogP contribution in [0.25, 0.3) is 0 Å². The number of thiazole rings is 1. The van der Waals surface area contributed by atoms with E-state index in [1.54, 1.807) is 6.07 Å². The molecule has 1 aromatic heterocycles. The molecule has 0 aliphatic carbocycles. The van der Waals surface area contributed by atoms with Gasteiger partial charge in [0, 0.05) is 11.8 Å². The van der Waals surface area contributed by atoms with E-state index in [9.17, 15) is 14.9 Å². The summed E-state index contributed by atoms with van der Waals surface area (Å²) in [6.07, 6.45) is 1.69.